The molecule has 178 valence electrons. The molecule has 8 nitrogen and oxygen atoms in total. The van der Waals surface area contributed by atoms with E-state index in [-0.39, 0.29) is 24.6 Å². The largest absolute Gasteiger partial charge is 0.369 e. The SMILES string of the molecule is NCc1ccc(C(O)Nc2ccncc2F)cc1-c1cccc(CC(=O)NC2CCOC2O)c1. The number of nitrogens with one attached hydrogen (secondary N) is 2. The smallest absolute Gasteiger partial charge is 0.224 e. The summed E-state index contributed by atoms with van der Waals surface area (Å²) >= 11 is 0. The number of carbonyl (C=O) groups is 1. The van der Waals surface area contributed by atoms with Gasteiger partial charge < -0.3 is 31.3 Å². The Hall–Kier alpha value is -3.37. The molecule has 2 aromatic carbocycles. The molecule has 34 heavy (non-hydrogen) atoms. The zero-order chi connectivity index (χ0) is 24.1. The molecule has 1 aromatic heterocycles. The molecule has 3 atom stereocenters. The number of hydrogen-bond donors (Lipinski definition) is 5. The highest BCUT2D eigenvalue weighted by Crippen LogP contribution is 2.29. The normalized spacial score (nSPS) is 18.5. The number of nitrogens with two attached hydrogens (primary N) is 1. The zero-order valence-electron chi connectivity index (χ0n) is 18.4. The van der Waals surface area contributed by atoms with E-state index in [1.807, 2.05) is 30.3 Å². The number of nitrogens with zero attached hydrogens (tertiary/aromatic N) is 1. The van der Waals surface area contributed by atoms with E-state index < -0.39 is 24.4 Å². The third kappa shape index (κ3) is 5.57. The fraction of sp³-hybridized carbons (Fsp3) is 0.280. The number of pyridine rings is 1. The molecule has 0 saturated carbocycles. The van der Waals surface area contributed by atoms with Crippen molar-refractivity contribution in [3.05, 3.63) is 83.4 Å². The Bertz CT molecular complexity index is 1160. The number of benzene rings is 2. The molecule has 6 N–H and O–H groups in total. The van der Waals surface area contributed by atoms with Gasteiger partial charge in [-0.25, -0.2) is 4.39 Å². The van der Waals surface area contributed by atoms with Gasteiger partial charge in [-0.15, -0.1) is 0 Å². The predicted molar refractivity (Wildman–Crippen MR) is 125 cm³/mol. The average molecular weight is 467 g/mol. The van der Waals surface area contributed by atoms with Crippen LogP contribution in [0, 0.1) is 5.82 Å². The minimum Gasteiger partial charge on any atom is -0.369 e. The minimum absolute atomic E-state index is 0.137. The zero-order valence-corrected chi connectivity index (χ0v) is 18.4. The summed E-state index contributed by atoms with van der Waals surface area (Å²) in [5.41, 5.74) is 9.90. The van der Waals surface area contributed by atoms with E-state index >= 15 is 0 Å². The molecule has 4 rings (SSSR count). The Balaban J connectivity index is 1.53. The highest BCUT2D eigenvalue weighted by atomic mass is 19.1. The average Bonchev–Trinajstić information content (AvgIpc) is 3.24. The first kappa shape index (κ1) is 23.8. The maximum absolute atomic E-state index is 13.9. The molecule has 3 unspecified atom stereocenters. The summed E-state index contributed by atoms with van der Waals surface area (Å²) in [6, 6.07) is 13.9. The summed E-state index contributed by atoms with van der Waals surface area (Å²) in [6.45, 7) is 0.691. The van der Waals surface area contributed by atoms with Crippen LogP contribution in [0.1, 0.15) is 29.3 Å². The minimum atomic E-state index is -1.16. The van der Waals surface area contributed by atoms with Gasteiger partial charge in [-0.3, -0.25) is 9.78 Å². The quantitative estimate of drug-likeness (QED) is 0.322. The second kappa shape index (κ2) is 10.7. The Labute approximate surface area is 196 Å². The molecule has 0 aliphatic carbocycles. The first-order chi connectivity index (χ1) is 16.4. The Kier molecular flexibility index (Phi) is 7.49. The van der Waals surface area contributed by atoms with Crippen molar-refractivity contribution in [2.24, 2.45) is 5.73 Å². The van der Waals surface area contributed by atoms with Crippen LogP contribution in [0.2, 0.25) is 0 Å². The number of aromatic nitrogens is 1. The van der Waals surface area contributed by atoms with Crippen LogP contribution in [0.15, 0.2) is 60.9 Å². The van der Waals surface area contributed by atoms with Crippen LogP contribution < -0.4 is 16.4 Å². The van der Waals surface area contributed by atoms with Gasteiger partial charge in [0.1, 0.15) is 0 Å². The summed E-state index contributed by atoms with van der Waals surface area (Å²) < 4.78 is 19.0. The van der Waals surface area contributed by atoms with Crippen LogP contribution >= 0.6 is 0 Å². The van der Waals surface area contributed by atoms with Crippen molar-refractivity contribution in [1.29, 1.82) is 0 Å². The number of carbonyl (C=O) groups excluding carboxylic acids is 1. The van der Waals surface area contributed by atoms with Gasteiger partial charge in [0.2, 0.25) is 5.91 Å². The molecule has 1 aliphatic heterocycles. The van der Waals surface area contributed by atoms with Crippen molar-refractivity contribution < 1.29 is 24.1 Å². The number of anilines is 1. The highest BCUT2D eigenvalue weighted by Gasteiger charge is 2.27. The topological polar surface area (TPSA) is 130 Å². The van der Waals surface area contributed by atoms with Crippen LogP contribution in [0.3, 0.4) is 0 Å². The molecule has 0 spiro atoms. The molecule has 0 bridgehead atoms. The maximum atomic E-state index is 13.9. The number of ether oxygens (including phenoxy) is 1. The molecule has 1 aliphatic rings. The number of halogens is 1. The molecule has 1 fully saturated rings. The van der Waals surface area contributed by atoms with Gasteiger partial charge in [0.25, 0.3) is 0 Å². The lowest BCUT2D eigenvalue weighted by molar-refractivity contribution is -0.124. The van der Waals surface area contributed by atoms with Gasteiger partial charge in [-0.1, -0.05) is 36.4 Å². The maximum Gasteiger partial charge on any atom is 0.224 e. The van der Waals surface area contributed by atoms with E-state index in [2.05, 4.69) is 15.6 Å². The third-order valence-corrected chi connectivity index (χ3v) is 5.74. The van der Waals surface area contributed by atoms with Gasteiger partial charge in [0.05, 0.1) is 31.0 Å². The van der Waals surface area contributed by atoms with Crippen LogP contribution in [-0.4, -0.2) is 40.0 Å². The summed E-state index contributed by atoms with van der Waals surface area (Å²) in [4.78, 5) is 16.2. The van der Waals surface area contributed by atoms with Gasteiger partial charge in [0.15, 0.2) is 18.3 Å². The second-order valence-electron chi connectivity index (χ2n) is 8.12. The van der Waals surface area contributed by atoms with Crippen molar-refractivity contribution >= 4 is 11.6 Å². The first-order valence-corrected chi connectivity index (χ1v) is 11.0. The lowest BCUT2D eigenvalue weighted by Gasteiger charge is -2.18. The highest BCUT2D eigenvalue weighted by molar-refractivity contribution is 5.80. The monoisotopic (exact) mass is 466 g/mol. The number of amides is 1. The van der Waals surface area contributed by atoms with E-state index in [0.717, 1.165) is 28.5 Å². The molecule has 0 radical (unpaired) electrons. The molecule has 9 heteroatoms. The Morgan fingerprint density at radius 2 is 2.12 bits per heavy atom. The summed E-state index contributed by atoms with van der Waals surface area (Å²) in [5, 5.41) is 25.9. The summed E-state index contributed by atoms with van der Waals surface area (Å²) in [6.07, 6.45) is 1.07. The van der Waals surface area contributed by atoms with Gasteiger partial charge in [0, 0.05) is 18.3 Å². The Morgan fingerprint density at radius 3 is 2.85 bits per heavy atom. The standard InChI is InChI=1S/C25H27FN4O4/c26-20-14-28-8-6-21(20)30-24(32)17-4-5-18(13-27)19(12-17)16-3-1-2-15(10-16)11-23(31)29-22-7-9-34-25(22)33/h1-6,8,10,12,14,22,24-25,32-33H,7,9,11,13,27H2,(H,28,30)(H,29,31). The Morgan fingerprint density at radius 1 is 1.26 bits per heavy atom. The molecule has 3 aromatic rings. The number of rotatable bonds is 8. The first-order valence-electron chi connectivity index (χ1n) is 11.0. The van der Waals surface area contributed by atoms with Crippen molar-refractivity contribution in [1.82, 2.24) is 10.3 Å². The lowest BCUT2D eigenvalue weighted by atomic mass is 9.95. The molecule has 1 amide bonds. The predicted octanol–water partition coefficient (Wildman–Crippen LogP) is 2.22. The number of aliphatic hydroxyl groups excluding tert-OH is 2. The molecular formula is C25H27FN4O4. The third-order valence-electron chi connectivity index (χ3n) is 5.74. The van der Waals surface area contributed by atoms with Crippen molar-refractivity contribution in [3.63, 3.8) is 0 Å². The lowest BCUT2D eigenvalue weighted by Crippen LogP contribution is -2.41. The van der Waals surface area contributed by atoms with E-state index in [0.29, 0.717) is 18.6 Å². The van der Waals surface area contributed by atoms with E-state index in [1.165, 1.54) is 12.3 Å². The van der Waals surface area contributed by atoms with E-state index in [1.54, 1.807) is 12.1 Å². The summed E-state index contributed by atoms with van der Waals surface area (Å²) in [5.74, 6) is -0.776. The second-order valence-corrected chi connectivity index (χ2v) is 8.12. The van der Waals surface area contributed by atoms with Crippen molar-refractivity contribution in [2.45, 2.75) is 37.9 Å². The number of hydrogen-bond acceptors (Lipinski definition) is 7. The van der Waals surface area contributed by atoms with Gasteiger partial charge in [-0.05, 0) is 40.8 Å². The van der Waals surface area contributed by atoms with Crippen LogP contribution in [0.25, 0.3) is 11.1 Å². The number of aliphatic hydroxyl groups is 2. The van der Waals surface area contributed by atoms with Crippen LogP contribution in [0.5, 0.6) is 0 Å². The van der Waals surface area contributed by atoms with E-state index in [9.17, 15) is 19.4 Å². The van der Waals surface area contributed by atoms with Gasteiger partial charge >= 0.3 is 0 Å². The van der Waals surface area contributed by atoms with Crippen LogP contribution in [0.4, 0.5) is 10.1 Å². The van der Waals surface area contributed by atoms with Crippen molar-refractivity contribution in [3.8, 4) is 11.1 Å². The molecule has 1 saturated heterocycles. The molecular weight excluding hydrogens is 439 g/mol. The molecule has 2 heterocycles. The fourth-order valence-electron chi connectivity index (χ4n) is 3.94. The van der Waals surface area contributed by atoms with E-state index in [4.69, 9.17) is 10.5 Å². The van der Waals surface area contributed by atoms with Crippen LogP contribution in [-0.2, 0) is 22.5 Å². The van der Waals surface area contributed by atoms with Crippen molar-refractivity contribution in [2.75, 3.05) is 11.9 Å². The summed E-state index contributed by atoms with van der Waals surface area (Å²) in [7, 11) is 0. The van der Waals surface area contributed by atoms with Gasteiger partial charge in [-0.2, -0.15) is 0 Å². The fourth-order valence-corrected chi connectivity index (χ4v) is 3.94.